The molecule has 0 amide bonds. The van der Waals surface area contributed by atoms with E-state index in [9.17, 15) is 30.9 Å². The summed E-state index contributed by atoms with van der Waals surface area (Å²) in [5, 5.41) is 9.09. The summed E-state index contributed by atoms with van der Waals surface area (Å²) in [6.07, 6.45) is -0.0439. The highest BCUT2D eigenvalue weighted by molar-refractivity contribution is 7.93. The van der Waals surface area contributed by atoms with Gasteiger partial charge < -0.3 is 9.66 Å². The Hall–Kier alpha value is -2.73. The van der Waals surface area contributed by atoms with Crippen molar-refractivity contribution < 1.29 is 36.0 Å². The van der Waals surface area contributed by atoms with Gasteiger partial charge in [-0.15, -0.1) is 0 Å². The summed E-state index contributed by atoms with van der Waals surface area (Å²) in [6, 6.07) is 9.80. The summed E-state index contributed by atoms with van der Waals surface area (Å²) in [7, 11) is -4.50. The monoisotopic (exact) mass is 559 g/mol. The highest BCUT2D eigenvalue weighted by atomic mass is 35.5. The average molecular weight is 560 g/mol. The molecule has 3 rings (SSSR count). The Bertz CT molecular complexity index is 1360. The van der Waals surface area contributed by atoms with Gasteiger partial charge in [0.15, 0.2) is 0 Å². The second kappa shape index (κ2) is 11.5. The van der Waals surface area contributed by atoms with Gasteiger partial charge in [-0.05, 0) is 77.8 Å². The summed E-state index contributed by atoms with van der Waals surface area (Å²) < 4.78 is 83.2. The van der Waals surface area contributed by atoms with Crippen LogP contribution >= 0.6 is 11.6 Å². The Morgan fingerprint density at radius 1 is 1.06 bits per heavy atom. The van der Waals surface area contributed by atoms with Crippen molar-refractivity contribution in [2.24, 2.45) is 0 Å². The molecule has 36 heavy (non-hydrogen) atoms. The molecule has 0 aliphatic rings. The molecule has 0 fully saturated rings. The maximum Gasteiger partial charge on any atom is 0.353 e. The van der Waals surface area contributed by atoms with Crippen LogP contribution in [-0.4, -0.2) is 35.6 Å². The third-order valence-electron chi connectivity index (χ3n) is 5.31. The van der Waals surface area contributed by atoms with E-state index in [0.717, 1.165) is 30.3 Å². The van der Waals surface area contributed by atoms with Gasteiger partial charge in [0.25, 0.3) is 10.0 Å². The zero-order valence-corrected chi connectivity index (χ0v) is 21.2. The van der Waals surface area contributed by atoms with E-state index in [1.54, 1.807) is 0 Å². The first kappa shape index (κ1) is 27.9. The number of anilines is 1. The molecule has 192 valence electrons. The van der Waals surface area contributed by atoms with E-state index < -0.39 is 62.1 Å². The lowest BCUT2D eigenvalue weighted by atomic mass is 9.99. The summed E-state index contributed by atoms with van der Waals surface area (Å²) in [5.41, 5.74) is -0.0820. The molecule has 0 radical (unpaired) electrons. The molecule has 0 aliphatic carbocycles. The van der Waals surface area contributed by atoms with Crippen LogP contribution in [0.4, 0.5) is 18.9 Å². The van der Waals surface area contributed by atoms with Gasteiger partial charge in [-0.1, -0.05) is 17.7 Å². The highest BCUT2D eigenvalue weighted by Gasteiger charge is 2.34. The fourth-order valence-corrected chi connectivity index (χ4v) is 6.31. The number of sulfonamides is 1. The third kappa shape index (κ3) is 6.52. The zero-order chi connectivity index (χ0) is 26.6. The van der Waals surface area contributed by atoms with Crippen LogP contribution in [-0.2, 0) is 32.4 Å². The van der Waals surface area contributed by atoms with Crippen LogP contribution < -0.4 is 4.31 Å². The van der Waals surface area contributed by atoms with Crippen molar-refractivity contribution in [1.82, 2.24) is 0 Å². The number of aryl methyl sites for hydroxylation is 1. The number of carboxylic acids is 1. The average Bonchev–Trinajstić information content (AvgIpc) is 2.80. The minimum absolute atomic E-state index is 0.0439. The van der Waals surface area contributed by atoms with Gasteiger partial charge in [0.1, 0.15) is 23.2 Å². The molecule has 1 N–H and O–H groups in total. The second-order valence-electron chi connectivity index (χ2n) is 7.80. The molecule has 6 nitrogen and oxygen atoms in total. The van der Waals surface area contributed by atoms with Gasteiger partial charge in [-0.3, -0.25) is 4.31 Å². The van der Waals surface area contributed by atoms with E-state index in [1.165, 1.54) is 37.3 Å². The van der Waals surface area contributed by atoms with Gasteiger partial charge in [0, 0.05) is 17.5 Å². The predicted octanol–water partition coefficient (Wildman–Crippen LogP) is 5.09. The molecule has 0 aliphatic heterocycles. The fourth-order valence-electron chi connectivity index (χ4n) is 3.68. The van der Waals surface area contributed by atoms with E-state index in [-0.39, 0.29) is 33.2 Å². The fraction of sp³-hybridized carbons (Fsp3) is 0.208. The minimum Gasteiger partial charge on any atom is -0.616 e. The number of aliphatic carboxylic acids is 1. The summed E-state index contributed by atoms with van der Waals surface area (Å²) in [6.45, 7) is 1.42. The van der Waals surface area contributed by atoms with Gasteiger partial charge in [0.2, 0.25) is 5.75 Å². The number of nitrogens with zero attached hydrogens (tertiary/aromatic N) is 1. The molecule has 0 bridgehead atoms. The van der Waals surface area contributed by atoms with E-state index >= 15 is 0 Å². The van der Waals surface area contributed by atoms with Gasteiger partial charge in [0.05, 0.1) is 16.6 Å². The molecule has 0 saturated carbocycles. The van der Waals surface area contributed by atoms with Crippen LogP contribution in [0.1, 0.15) is 24.1 Å². The first-order valence-electron chi connectivity index (χ1n) is 10.5. The maximum atomic E-state index is 14.9. The van der Waals surface area contributed by atoms with Crippen LogP contribution in [0, 0.1) is 17.5 Å². The number of hydrogen-bond donors (Lipinski definition) is 1. The van der Waals surface area contributed by atoms with Crippen molar-refractivity contribution in [1.29, 1.82) is 0 Å². The molecular weight excluding hydrogens is 539 g/mol. The summed E-state index contributed by atoms with van der Waals surface area (Å²) >= 11 is 4.12. The van der Waals surface area contributed by atoms with Crippen molar-refractivity contribution in [2.75, 3.05) is 15.8 Å². The molecule has 1 unspecified atom stereocenters. The summed E-state index contributed by atoms with van der Waals surface area (Å²) in [5.74, 6) is -4.54. The van der Waals surface area contributed by atoms with Gasteiger partial charge in [-0.25, -0.2) is 26.4 Å². The van der Waals surface area contributed by atoms with Gasteiger partial charge >= 0.3 is 5.97 Å². The molecule has 3 aromatic carbocycles. The minimum atomic E-state index is -4.50. The number of rotatable bonds is 10. The highest BCUT2D eigenvalue weighted by Crippen LogP contribution is 2.37. The van der Waals surface area contributed by atoms with Crippen LogP contribution in [0.25, 0.3) is 0 Å². The molecule has 0 heterocycles. The quantitative estimate of drug-likeness (QED) is 0.349. The largest absolute Gasteiger partial charge is 0.616 e. The Labute approximate surface area is 214 Å². The van der Waals surface area contributed by atoms with E-state index in [1.807, 2.05) is 0 Å². The van der Waals surface area contributed by atoms with Crippen LogP contribution in [0.2, 0.25) is 5.02 Å². The Morgan fingerprint density at radius 2 is 1.67 bits per heavy atom. The Morgan fingerprint density at radius 3 is 2.31 bits per heavy atom. The first-order chi connectivity index (χ1) is 16.9. The van der Waals surface area contributed by atoms with Crippen molar-refractivity contribution >= 4 is 44.5 Å². The van der Waals surface area contributed by atoms with E-state index in [2.05, 4.69) is 0 Å². The number of hydrogen-bond acceptors (Lipinski definition) is 4. The molecule has 0 aromatic heterocycles. The van der Waals surface area contributed by atoms with Crippen molar-refractivity contribution in [3.63, 3.8) is 0 Å². The van der Waals surface area contributed by atoms with Crippen LogP contribution in [0.15, 0.2) is 65.6 Å². The lowest BCUT2D eigenvalue weighted by Crippen LogP contribution is -2.35. The number of halogens is 4. The third-order valence-corrected chi connectivity index (χ3v) is 8.69. The molecule has 12 heteroatoms. The molecule has 0 saturated heterocycles. The van der Waals surface area contributed by atoms with Crippen molar-refractivity contribution in [3.05, 3.63) is 94.3 Å². The summed E-state index contributed by atoms with van der Waals surface area (Å²) in [4.78, 5) is 10.6. The molecular formula is C24H21ClF3NO5S2. The molecule has 0 spiro atoms. The SMILES string of the molecule is C[C@H](c1ccc(F)cc1CC[S+]([O-])CC(=O)O)N(c1cc(F)ccc1F)S(=O)(=O)c1ccc(Cl)cc1. The molecule has 3 aromatic rings. The smallest absolute Gasteiger partial charge is 0.353 e. The number of benzene rings is 3. The number of carbonyl (C=O) groups is 1. The normalized spacial score (nSPS) is 13.3. The molecule has 2 atom stereocenters. The zero-order valence-electron chi connectivity index (χ0n) is 18.8. The standard InChI is InChI=1S/C24H21ClF3NO5S2/c1-15(21-8-4-18(26)12-16(21)10-11-35(32)14-24(30)31)29(23-13-19(27)5-9-22(23)28)36(33,34)20-6-2-17(25)3-7-20/h2-9,12-13,15H,10-11,14H2,1H3,(H,30,31)/t15-,35?/m1/s1. The predicted molar refractivity (Wildman–Crippen MR) is 132 cm³/mol. The van der Waals surface area contributed by atoms with Gasteiger partial charge in [-0.2, -0.15) is 0 Å². The van der Waals surface area contributed by atoms with Crippen LogP contribution in [0.3, 0.4) is 0 Å². The van der Waals surface area contributed by atoms with E-state index in [4.69, 9.17) is 16.7 Å². The topological polar surface area (TPSA) is 97.7 Å². The van der Waals surface area contributed by atoms with Crippen molar-refractivity contribution in [2.45, 2.75) is 24.3 Å². The lowest BCUT2D eigenvalue weighted by Gasteiger charge is -2.32. The maximum absolute atomic E-state index is 14.9. The Balaban J connectivity index is 2.13. The number of carboxylic acid groups (broad SMARTS) is 1. The van der Waals surface area contributed by atoms with E-state index in [0.29, 0.717) is 4.31 Å². The van der Waals surface area contributed by atoms with Crippen LogP contribution in [0.5, 0.6) is 0 Å². The first-order valence-corrected chi connectivity index (χ1v) is 13.8. The lowest BCUT2D eigenvalue weighted by molar-refractivity contribution is -0.134. The second-order valence-corrected chi connectivity index (χ2v) is 11.6. The Kier molecular flexibility index (Phi) is 8.93. The van der Waals surface area contributed by atoms with Crippen molar-refractivity contribution in [3.8, 4) is 0 Å².